The minimum atomic E-state index is -0.311. The van der Waals surface area contributed by atoms with E-state index < -0.39 is 0 Å². The smallest absolute Gasteiger partial charge is 0.127 e. The lowest BCUT2D eigenvalue weighted by atomic mass is 9.99. The molecule has 0 saturated carbocycles. The zero-order valence-corrected chi connectivity index (χ0v) is 11.8. The van der Waals surface area contributed by atoms with Crippen LogP contribution in [0.2, 0.25) is 10.0 Å². The molecule has 1 nitrogen and oxygen atoms in total. The Balaban J connectivity index is 2.03. The molecule has 0 aliphatic carbocycles. The molecule has 2 N–H and O–H groups in total. The molecule has 100 valence electrons. The molecule has 2 aromatic rings. The Morgan fingerprint density at radius 2 is 1.74 bits per heavy atom. The first-order valence-electron chi connectivity index (χ1n) is 5.98. The molecule has 0 spiro atoms. The molecular weight excluding hydrogens is 284 g/mol. The van der Waals surface area contributed by atoms with E-state index in [1.54, 1.807) is 12.1 Å². The van der Waals surface area contributed by atoms with Crippen molar-refractivity contribution >= 4 is 23.2 Å². The molecule has 2 aromatic carbocycles. The fourth-order valence-corrected chi connectivity index (χ4v) is 2.38. The van der Waals surface area contributed by atoms with Crippen LogP contribution >= 0.6 is 23.2 Å². The van der Waals surface area contributed by atoms with Crippen LogP contribution < -0.4 is 5.73 Å². The van der Waals surface area contributed by atoms with E-state index in [-0.39, 0.29) is 11.9 Å². The predicted octanol–water partition coefficient (Wildman–Crippen LogP) is 4.25. The maximum Gasteiger partial charge on any atom is 0.127 e. The summed E-state index contributed by atoms with van der Waals surface area (Å²) in [6, 6.07) is 12.0. The zero-order valence-electron chi connectivity index (χ0n) is 10.2. The second-order valence-corrected chi connectivity index (χ2v) is 5.41. The number of rotatable bonds is 4. The highest BCUT2D eigenvalue weighted by atomic mass is 35.5. The fourth-order valence-electron chi connectivity index (χ4n) is 2.01. The lowest BCUT2D eigenvalue weighted by Crippen LogP contribution is -2.26. The van der Waals surface area contributed by atoms with Gasteiger partial charge in [0.15, 0.2) is 0 Å². The average Bonchev–Trinajstić information content (AvgIpc) is 2.33. The van der Waals surface area contributed by atoms with Gasteiger partial charge in [-0.3, -0.25) is 0 Å². The van der Waals surface area contributed by atoms with Crippen molar-refractivity contribution < 1.29 is 4.39 Å². The van der Waals surface area contributed by atoms with E-state index in [9.17, 15) is 4.39 Å². The van der Waals surface area contributed by atoms with Crippen molar-refractivity contribution in [2.75, 3.05) is 0 Å². The molecule has 0 bridgehead atoms. The van der Waals surface area contributed by atoms with Gasteiger partial charge in [0, 0.05) is 16.1 Å². The third-order valence-electron chi connectivity index (χ3n) is 2.88. The Morgan fingerprint density at radius 3 is 2.42 bits per heavy atom. The van der Waals surface area contributed by atoms with E-state index in [0.717, 1.165) is 5.56 Å². The summed E-state index contributed by atoms with van der Waals surface area (Å²) in [5.41, 5.74) is 7.68. The van der Waals surface area contributed by atoms with Crippen LogP contribution in [0.25, 0.3) is 0 Å². The molecule has 1 atom stereocenters. The molecule has 0 fully saturated rings. The van der Waals surface area contributed by atoms with Crippen LogP contribution in [0.15, 0.2) is 42.5 Å². The van der Waals surface area contributed by atoms with Gasteiger partial charge in [0.2, 0.25) is 0 Å². The van der Waals surface area contributed by atoms with E-state index in [1.165, 1.54) is 6.07 Å². The molecule has 19 heavy (non-hydrogen) atoms. The number of halogens is 3. The summed E-state index contributed by atoms with van der Waals surface area (Å²) in [6.07, 6.45) is 1.12. The number of nitrogens with two attached hydrogens (primary N) is 1. The summed E-state index contributed by atoms with van der Waals surface area (Å²) in [6.45, 7) is 0. The van der Waals surface area contributed by atoms with Gasteiger partial charge in [-0.25, -0.2) is 4.39 Å². The lowest BCUT2D eigenvalue weighted by molar-refractivity contribution is 0.584. The summed E-state index contributed by atoms with van der Waals surface area (Å²) in [7, 11) is 0. The van der Waals surface area contributed by atoms with Crippen molar-refractivity contribution in [3.05, 3.63) is 69.5 Å². The summed E-state index contributed by atoms with van der Waals surface area (Å²) in [5.74, 6) is -0.311. The molecule has 0 aromatic heterocycles. The third-order valence-corrected chi connectivity index (χ3v) is 3.35. The van der Waals surface area contributed by atoms with E-state index in [2.05, 4.69) is 0 Å². The Kier molecular flexibility index (Phi) is 4.81. The van der Waals surface area contributed by atoms with Crippen molar-refractivity contribution in [3.8, 4) is 0 Å². The second-order valence-electron chi connectivity index (χ2n) is 4.53. The largest absolute Gasteiger partial charge is 0.327 e. The van der Waals surface area contributed by atoms with Gasteiger partial charge in [-0.1, -0.05) is 41.4 Å². The normalized spacial score (nSPS) is 12.4. The maximum absolute atomic E-state index is 13.7. The Hall–Kier alpha value is -1.09. The molecule has 2 rings (SSSR count). The lowest BCUT2D eigenvalue weighted by Gasteiger charge is -2.12. The molecule has 0 aliphatic rings. The Labute approximate surface area is 122 Å². The number of benzene rings is 2. The summed E-state index contributed by atoms with van der Waals surface area (Å²) >= 11 is 11.6. The first-order chi connectivity index (χ1) is 9.04. The molecular formula is C15H14Cl2FN. The van der Waals surface area contributed by atoms with Crippen molar-refractivity contribution in [2.24, 2.45) is 5.73 Å². The number of hydrogen-bond donors (Lipinski definition) is 1. The highest BCUT2D eigenvalue weighted by Crippen LogP contribution is 2.17. The van der Waals surface area contributed by atoms with E-state index >= 15 is 0 Å². The minimum absolute atomic E-state index is 0.158. The molecule has 0 heterocycles. The van der Waals surface area contributed by atoms with Gasteiger partial charge in [-0.05, 0) is 48.2 Å². The van der Waals surface area contributed by atoms with Crippen molar-refractivity contribution in [2.45, 2.75) is 18.9 Å². The zero-order chi connectivity index (χ0) is 13.8. The van der Waals surface area contributed by atoms with Crippen molar-refractivity contribution in [3.63, 3.8) is 0 Å². The topological polar surface area (TPSA) is 26.0 Å². The predicted molar refractivity (Wildman–Crippen MR) is 78.2 cm³/mol. The molecule has 1 unspecified atom stereocenters. The van der Waals surface area contributed by atoms with E-state index in [4.69, 9.17) is 28.9 Å². The minimum Gasteiger partial charge on any atom is -0.327 e. The summed E-state index contributed by atoms with van der Waals surface area (Å²) < 4.78 is 13.7. The van der Waals surface area contributed by atoms with Crippen molar-refractivity contribution in [1.29, 1.82) is 0 Å². The Morgan fingerprint density at radius 1 is 1.00 bits per heavy atom. The van der Waals surface area contributed by atoms with E-state index in [0.29, 0.717) is 28.5 Å². The number of hydrogen-bond acceptors (Lipinski definition) is 1. The van der Waals surface area contributed by atoms with Gasteiger partial charge in [0.05, 0.1) is 0 Å². The van der Waals surface area contributed by atoms with Crippen molar-refractivity contribution in [1.82, 2.24) is 0 Å². The molecule has 0 saturated heterocycles. The van der Waals surface area contributed by atoms with Crippen LogP contribution in [0.4, 0.5) is 4.39 Å². The Bertz CT molecular complexity index is 572. The van der Waals surface area contributed by atoms with E-state index in [1.807, 2.05) is 24.3 Å². The fraction of sp³-hybridized carbons (Fsp3) is 0.200. The molecule has 0 amide bonds. The van der Waals surface area contributed by atoms with Gasteiger partial charge in [0.1, 0.15) is 5.82 Å². The first-order valence-corrected chi connectivity index (χ1v) is 6.74. The summed E-state index contributed by atoms with van der Waals surface area (Å²) in [4.78, 5) is 0. The third kappa shape index (κ3) is 4.20. The maximum atomic E-state index is 13.7. The van der Waals surface area contributed by atoms with Gasteiger partial charge >= 0.3 is 0 Å². The average molecular weight is 298 g/mol. The standard InChI is InChI=1S/C15H14Cl2FN/c16-12-3-1-2-10(6-12)7-14(19)8-11-4-5-13(17)9-15(11)18/h1-6,9,14H,7-8,19H2. The molecule has 4 heteroatoms. The van der Waals surface area contributed by atoms with Crippen LogP contribution in [-0.4, -0.2) is 6.04 Å². The highest BCUT2D eigenvalue weighted by Gasteiger charge is 2.10. The molecule has 0 radical (unpaired) electrons. The monoisotopic (exact) mass is 297 g/mol. The van der Waals surface area contributed by atoms with Crippen LogP contribution in [0.1, 0.15) is 11.1 Å². The van der Waals surface area contributed by atoms with Crippen LogP contribution in [0.5, 0.6) is 0 Å². The van der Waals surface area contributed by atoms with Crippen LogP contribution in [0.3, 0.4) is 0 Å². The van der Waals surface area contributed by atoms with Crippen LogP contribution in [-0.2, 0) is 12.8 Å². The van der Waals surface area contributed by atoms with Gasteiger partial charge in [-0.2, -0.15) is 0 Å². The SMILES string of the molecule is NC(Cc1cccc(Cl)c1)Cc1ccc(Cl)cc1F. The van der Waals surface area contributed by atoms with Gasteiger partial charge < -0.3 is 5.73 Å². The quantitative estimate of drug-likeness (QED) is 0.897. The van der Waals surface area contributed by atoms with Gasteiger partial charge in [0.25, 0.3) is 0 Å². The first kappa shape index (κ1) is 14.3. The summed E-state index contributed by atoms with van der Waals surface area (Å²) in [5, 5.41) is 1.08. The molecule has 0 aliphatic heterocycles. The highest BCUT2D eigenvalue weighted by molar-refractivity contribution is 6.30. The van der Waals surface area contributed by atoms with Crippen LogP contribution in [0, 0.1) is 5.82 Å². The van der Waals surface area contributed by atoms with Gasteiger partial charge in [-0.15, -0.1) is 0 Å². The second kappa shape index (κ2) is 6.38.